The van der Waals surface area contributed by atoms with E-state index in [1.54, 1.807) is 37.3 Å². The van der Waals surface area contributed by atoms with Gasteiger partial charge in [0.25, 0.3) is 5.91 Å². The van der Waals surface area contributed by atoms with E-state index in [9.17, 15) is 18.0 Å². The molecule has 0 atom stereocenters. The molecule has 9 heteroatoms. The van der Waals surface area contributed by atoms with Gasteiger partial charge in [-0.3, -0.25) is 4.79 Å². The molecule has 1 N–H and O–H groups in total. The molecule has 3 rings (SSSR count). The first-order chi connectivity index (χ1) is 16.3. The van der Waals surface area contributed by atoms with Gasteiger partial charge in [0.05, 0.1) is 13.7 Å². The SMILES string of the molecule is CCOC(=O)/C=C/c1ccc(NC(=O)c2ccc(OC)c(S(=O)(=O)N3CCCCCC3)c2)cc1. The number of hydrogen-bond donors (Lipinski definition) is 1. The van der Waals surface area contributed by atoms with Crippen molar-refractivity contribution in [1.29, 1.82) is 0 Å². The molecule has 1 aliphatic heterocycles. The highest BCUT2D eigenvalue weighted by Gasteiger charge is 2.29. The number of methoxy groups -OCH3 is 1. The molecular formula is C25H30N2O6S. The summed E-state index contributed by atoms with van der Waals surface area (Å²) in [5.41, 5.74) is 1.51. The van der Waals surface area contributed by atoms with Crippen molar-refractivity contribution in [2.24, 2.45) is 0 Å². The van der Waals surface area contributed by atoms with Crippen molar-refractivity contribution in [3.63, 3.8) is 0 Å². The molecule has 2 aromatic rings. The number of ether oxygens (including phenoxy) is 2. The number of rotatable bonds is 8. The second-order valence-electron chi connectivity index (χ2n) is 7.85. The lowest BCUT2D eigenvalue weighted by Gasteiger charge is -2.21. The monoisotopic (exact) mass is 486 g/mol. The molecule has 1 amide bonds. The van der Waals surface area contributed by atoms with E-state index in [1.807, 2.05) is 0 Å². The van der Waals surface area contributed by atoms with Crippen LogP contribution in [0.2, 0.25) is 0 Å². The Morgan fingerprint density at radius 2 is 1.71 bits per heavy atom. The van der Waals surface area contributed by atoms with Gasteiger partial charge < -0.3 is 14.8 Å². The summed E-state index contributed by atoms with van der Waals surface area (Å²) in [7, 11) is -2.39. The second-order valence-corrected chi connectivity index (χ2v) is 9.75. The number of benzene rings is 2. The predicted molar refractivity (Wildman–Crippen MR) is 130 cm³/mol. The Morgan fingerprint density at radius 3 is 2.32 bits per heavy atom. The quantitative estimate of drug-likeness (QED) is 0.445. The molecular weight excluding hydrogens is 456 g/mol. The van der Waals surface area contributed by atoms with Gasteiger partial charge in [0.2, 0.25) is 10.0 Å². The van der Waals surface area contributed by atoms with Crippen LogP contribution in [0.25, 0.3) is 6.08 Å². The van der Waals surface area contributed by atoms with Crippen LogP contribution in [-0.4, -0.2) is 51.4 Å². The summed E-state index contributed by atoms with van der Waals surface area (Å²) in [6.45, 7) is 2.96. The number of nitrogens with zero attached hydrogens (tertiary/aromatic N) is 1. The zero-order chi connectivity index (χ0) is 24.6. The van der Waals surface area contributed by atoms with Crippen LogP contribution in [0, 0.1) is 0 Å². The molecule has 0 aromatic heterocycles. The maximum Gasteiger partial charge on any atom is 0.330 e. The van der Waals surface area contributed by atoms with Gasteiger partial charge in [-0.25, -0.2) is 13.2 Å². The molecule has 8 nitrogen and oxygen atoms in total. The molecule has 1 aliphatic rings. The molecule has 0 bridgehead atoms. The fourth-order valence-corrected chi connectivity index (χ4v) is 5.37. The van der Waals surface area contributed by atoms with Gasteiger partial charge in [0.1, 0.15) is 10.6 Å². The molecule has 0 radical (unpaired) electrons. The van der Waals surface area contributed by atoms with Crippen LogP contribution in [0.4, 0.5) is 5.69 Å². The Hall–Kier alpha value is -3.17. The van der Waals surface area contributed by atoms with E-state index >= 15 is 0 Å². The van der Waals surface area contributed by atoms with E-state index in [0.717, 1.165) is 31.2 Å². The van der Waals surface area contributed by atoms with Crippen molar-refractivity contribution < 1.29 is 27.5 Å². The molecule has 0 saturated carbocycles. The van der Waals surface area contributed by atoms with Crippen molar-refractivity contribution in [3.05, 3.63) is 59.7 Å². The van der Waals surface area contributed by atoms with Gasteiger partial charge in [0.15, 0.2) is 0 Å². The Bertz CT molecular complexity index is 1130. The minimum absolute atomic E-state index is 0.0102. The van der Waals surface area contributed by atoms with E-state index in [2.05, 4.69) is 5.32 Å². The van der Waals surface area contributed by atoms with Crippen molar-refractivity contribution in [2.75, 3.05) is 32.1 Å². The third-order valence-corrected chi connectivity index (χ3v) is 7.40. The van der Waals surface area contributed by atoms with Gasteiger partial charge in [-0.15, -0.1) is 0 Å². The number of anilines is 1. The average molecular weight is 487 g/mol. The van der Waals surface area contributed by atoms with Gasteiger partial charge in [-0.05, 0) is 61.7 Å². The predicted octanol–water partition coefficient (Wildman–Crippen LogP) is 4.09. The number of carbonyl (C=O) groups is 2. The first-order valence-electron chi connectivity index (χ1n) is 11.3. The Morgan fingerprint density at radius 1 is 1.03 bits per heavy atom. The Kier molecular flexibility index (Phi) is 8.84. The number of hydrogen-bond acceptors (Lipinski definition) is 6. The Balaban J connectivity index is 1.77. The summed E-state index contributed by atoms with van der Waals surface area (Å²) in [6, 6.07) is 11.3. The fourth-order valence-electron chi connectivity index (χ4n) is 3.68. The van der Waals surface area contributed by atoms with Crippen LogP contribution in [-0.2, 0) is 19.6 Å². The van der Waals surface area contributed by atoms with Crippen molar-refractivity contribution in [3.8, 4) is 5.75 Å². The summed E-state index contributed by atoms with van der Waals surface area (Å²) >= 11 is 0. The Labute approximate surface area is 200 Å². The van der Waals surface area contributed by atoms with E-state index in [-0.39, 0.29) is 16.2 Å². The van der Waals surface area contributed by atoms with Crippen LogP contribution in [0.1, 0.15) is 48.5 Å². The summed E-state index contributed by atoms with van der Waals surface area (Å²) in [5, 5.41) is 2.77. The normalized spacial score (nSPS) is 15.0. The zero-order valence-corrected chi connectivity index (χ0v) is 20.3. The number of sulfonamides is 1. The van der Waals surface area contributed by atoms with Gasteiger partial charge in [-0.1, -0.05) is 25.0 Å². The third-order valence-electron chi connectivity index (χ3n) is 5.48. The standard InChI is InChI=1S/C25H30N2O6S/c1-3-33-24(28)15-10-19-8-12-21(13-9-19)26-25(29)20-11-14-22(32-2)23(18-20)34(30,31)27-16-6-4-5-7-17-27/h8-15,18H,3-7,16-17H2,1-2H3,(H,26,29)/b15-10+. The lowest BCUT2D eigenvalue weighted by molar-refractivity contribution is -0.137. The molecule has 1 saturated heterocycles. The molecule has 1 heterocycles. The molecule has 0 spiro atoms. The van der Waals surface area contributed by atoms with E-state index < -0.39 is 21.9 Å². The van der Waals surface area contributed by atoms with Gasteiger partial charge in [0, 0.05) is 30.4 Å². The summed E-state index contributed by atoms with van der Waals surface area (Å²) < 4.78 is 38.3. The molecule has 182 valence electrons. The smallest absolute Gasteiger partial charge is 0.330 e. The van der Waals surface area contributed by atoms with Crippen LogP contribution in [0.15, 0.2) is 53.4 Å². The number of esters is 1. The molecule has 0 unspecified atom stereocenters. The number of carbonyl (C=O) groups excluding carboxylic acids is 2. The summed E-state index contributed by atoms with van der Waals surface area (Å²) in [6.07, 6.45) is 6.58. The topological polar surface area (TPSA) is 102 Å². The molecule has 2 aromatic carbocycles. The van der Waals surface area contributed by atoms with Crippen molar-refractivity contribution in [2.45, 2.75) is 37.5 Å². The number of nitrogens with one attached hydrogen (secondary N) is 1. The van der Waals surface area contributed by atoms with Gasteiger partial charge >= 0.3 is 5.97 Å². The van der Waals surface area contributed by atoms with Gasteiger partial charge in [-0.2, -0.15) is 4.31 Å². The third kappa shape index (κ3) is 6.45. The first kappa shape index (κ1) is 25.5. The largest absolute Gasteiger partial charge is 0.495 e. The minimum atomic E-state index is -3.80. The maximum atomic E-state index is 13.3. The van der Waals surface area contributed by atoms with Crippen LogP contribution in [0.5, 0.6) is 5.75 Å². The van der Waals surface area contributed by atoms with E-state index in [0.29, 0.717) is 25.4 Å². The lowest BCUT2D eigenvalue weighted by atomic mass is 10.1. The average Bonchev–Trinajstić information content (AvgIpc) is 3.14. The summed E-state index contributed by atoms with van der Waals surface area (Å²) in [4.78, 5) is 24.3. The van der Waals surface area contributed by atoms with Crippen molar-refractivity contribution >= 4 is 33.7 Å². The van der Waals surface area contributed by atoms with Crippen molar-refractivity contribution in [1.82, 2.24) is 4.31 Å². The molecule has 0 aliphatic carbocycles. The zero-order valence-electron chi connectivity index (χ0n) is 19.5. The number of amides is 1. The highest BCUT2D eigenvalue weighted by atomic mass is 32.2. The van der Waals surface area contributed by atoms with E-state index in [4.69, 9.17) is 9.47 Å². The van der Waals surface area contributed by atoms with Crippen LogP contribution in [0.3, 0.4) is 0 Å². The lowest BCUT2D eigenvalue weighted by Crippen LogP contribution is -2.32. The second kappa shape index (κ2) is 11.8. The van der Waals surface area contributed by atoms with E-state index in [1.165, 1.54) is 35.7 Å². The highest BCUT2D eigenvalue weighted by molar-refractivity contribution is 7.89. The molecule has 1 fully saturated rings. The fraction of sp³-hybridized carbons (Fsp3) is 0.360. The minimum Gasteiger partial charge on any atom is -0.495 e. The molecule has 34 heavy (non-hydrogen) atoms. The first-order valence-corrected chi connectivity index (χ1v) is 12.7. The maximum absolute atomic E-state index is 13.3. The highest BCUT2D eigenvalue weighted by Crippen LogP contribution is 2.29. The summed E-state index contributed by atoms with van der Waals surface area (Å²) in [5.74, 6) is -0.659. The van der Waals surface area contributed by atoms with Crippen LogP contribution < -0.4 is 10.1 Å². The van der Waals surface area contributed by atoms with Crippen LogP contribution >= 0.6 is 0 Å².